The number of nitrogens with one attached hydrogen (secondary N) is 5. The van der Waals surface area contributed by atoms with Gasteiger partial charge in [0.15, 0.2) is 5.78 Å². The van der Waals surface area contributed by atoms with Gasteiger partial charge in [0.1, 0.15) is 12.6 Å². The summed E-state index contributed by atoms with van der Waals surface area (Å²) in [5.41, 5.74) is 0. The summed E-state index contributed by atoms with van der Waals surface area (Å²) in [6.07, 6.45) is 20.2. The molecule has 0 aliphatic rings. The summed E-state index contributed by atoms with van der Waals surface area (Å²) in [5, 5.41) is 28.9. The Balaban J connectivity index is 3.67. The number of amides is 4. The van der Waals surface area contributed by atoms with Gasteiger partial charge in [-0.2, -0.15) is 0 Å². The smallest absolute Gasteiger partial charge is 0.326 e. The zero-order valence-corrected chi connectivity index (χ0v) is 41.9. The predicted molar refractivity (Wildman–Crippen MR) is 259 cm³/mol. The maximum absolute atomic E-state index is 12.4. The summed E-state index contributed by atoms with van der Waals surface area (Å²) in [5.74, 6) is -2.15. The Labute approximate surface area is 402 Å². The molecule has 0 heterocycles. The fraction of sp³-hybridized carbons (Fsp3) is 0.848. The minimum Gasteiger partial charge on any atom is -0.481 e. The maximum Gasteiger partial charge on any atom is 0.326 e. The molecule has 0 fully saturated rings. The van der Waals surface area contributed by atoms with Crippen LogP contribution in [0.3, 0.4) is 0 Å². The van der Waals surface area contributed by atoms with Crippen molar-refractivity contribution in [2.75, 3.05) is 90.3 Å². The van der Waals surface area contributed by atoms with E-state index in [0.29, 0.717) is 51.7 Å². The van der Waals surface area contributed by atoms with Crippen LogP contribution < -0.4 is 26.0 Å². The topological polar surface area (TPSA) is 257 Å². The second-order valence-corrected chi connectivity index (χ2v) is 18.1. The quantitative estimate of drug-likeness (QED) is 0.0311. The Hall–Kier alpha value is -3.01. The van der Waals surface area contributed by atoms with Gasteiger partial charge in [0.05, 0.1) is 58.0 Å². The first kappa shape index (κ1) is 63.0. The number of hydrogen-bond acceptors (Lipinski definition) is 14. The van der Waals surface area contributed by atoms with Crippen LogP contribution in [0, 0.1) is 5.92 Å². The largest absolute Gasteiger partial charge is 0.481 e. The van der Waals surface area contributed by atoms with Crippen molar-refractivity contribution in [2.45, 2.75) is 154 Å². The molecule has 0 aromatic rings. The van der Waals surface area contributed by atoms with E-state index < -0.39 is 18.0 Å². The molecule has 18 nitrogen and oxygen atoms in total. The number of Topliss-reactive ketones (excluding diaryl/α,β-unsaturated/α-hetero) is 1. The van der Waals surface area contributed by atoms with Crippen molar-refractivity contribution >= 4 is 65.1 Å². The fourth-order valence-corrected chi connectivity index (χ4v) is 7.99. The molecule has 0 radical (unpaired) electrons. The zero-order valence-electron chi connectivity index (χ0n) is 40.3. The Kier molecular flexibility index (Phi) is 43.7. The Bertz CT molecular complexity index is 1300. The first-order valence-corrected chi connectivity index (χ1v) is 26.5. The number of unbranched alkanes of at least 4 members (excludes halogenated alkanes) is 15. The van der Waals surface area contributed by atoms with Gasteiger partial charge in [-0.15, -0.1) is 11.8 Å². The average molecular weight is 980 g/mol. The van der Waals surface area contributed by atoms with Crippen LogP contribution in [0.25, 0.3) is 0 Å². The minimum absolute atomic E-state index is 0.0217. The van der Waals surface area contributed by atoms with E-state index in [4.69, 9.17) is 24.1 Å². The maximum atomic E-state index is 12.4. The number of ether oxygens (including phenoxy) is 4. The van der Waals surface area contributed by atoms with Gasteiger partial charge in [-0.05, 0) is 25.5 Å². The van der Waals surface area contributed by atoms with E-state index in [2.05, 4.69) is 26.0 Å². The lowest BCUT2D eigenvalue weighted by atomic mass is 10.0. The van der Waals surface area contributed by atoms with E-state index in [1.807, 2.05) is 20.1 Å². The molecule has 0 rings (SSSR count). The van der Waals surface area contributed by atoms with Gasteiger partial charge < -0.3 is 50.4 Å². The molecule has 66 heavy (non-hydrogen) atoms. The second kappa shape index (κ2) is 45.8. The van der Waals surface area contributed by atoms with E-state index in [-0.39, 0.29) is 106 Å². The Morgan fingerprint density at radius 2 is 0.939 bits per heavy atom. The van der Waals surface area contributed by atoms with Crippen LogP contribution in [0.5, 0.6) is 0 Å². The molecule has 4 amide bonds. The normalized spacial score (nSPS) is 12.1. The zero-order chi connectivity index (χ0) is 48.9. The summed E-state index contributed by atoms with van der Waals surface area (Å²) in [4.78, 5) is 83.0. The number of hydrogen-bond donors (Lipinski definition) is 7. The van der Waals surface area contributed by atoms with Gasteiger partial charge in [0.25, 0.3) is 0 Å². The molecule has 0 spiro atoms. The highest BCUT2D eigenvalue weighted by Gasteiger charge is 2.22. The molecular weight excluding hydrogens is 895 g/mol. The summed E-state index contributed by atoms with van der Waals surface area (Å²) in [6, 6.07) is -1.43. The lowest BCUT2D eigenvalue weighted by molar-refractivity contribution is -0.142. The molecule has 0 bridgehead atoms. The van der Waals surface area contributed by atoms with Crippen LogP contribution in [0.2, 0.25) is 0 Å². The molecule has 384 valence electrons. The van der Waals surface area contributed by atoms with Crippen LogP contribution in [-0.4, -0.2) is 154 Å². The highest BCUT2D eigenvalue weighted by atomic mass is 32.2. The van der Waals surface area contributed by atoms with Gasteiger partial charge >= 0.3 is 11.9 Å². The van der Waals surface area contributed by atoms with Gasteiger partial charge in [0.2, 0.25) is 23.6 Å². The summed E-state index contributed by atoms with van der Waals surface area (Å²) < 4.78 is 24.7. The number of carboxylic acids is 2. The van der Waals surface area contributed by atoms with Crippen molar-refractivity contribution in [3.8, 4) is 0 Å². The second-order valence-electron chi connectivity index (χ2n) is 16.4. The minimum atomic E-state index is -1.18. The van der Waals surface area contributed by atoms with E-state index in [1.54, 1.807) is 0 Å². The van der Waals surface area contributed by atoms with E-state index in [1.165, 1.54) is 81.5 Å². The van der Waals surface area contributed by atoms with Crippen LogP contribution in [0.4, 0.5) is 0 Å². The number of carboxylic acid groups (broad SMARTS) is 2. The van der Waals surface area contributed by atoms with Crippen LogP contribution in [0.15, 0.2) is 0 Å². The van der Waals surface area contributed by atoms with Crippen molar-refractivity contribution < 1.29 is 62.7 Å². The summed E-state index contributed by atoms with van der Waals surface area (Å²) >= 11 is 2.80. The fourth-order valence-electron chi connectivity index (χ4n) is 6.51. The van der Waals surface area contributed by atoms with Gasteiger partial charge in [-0.3, -0.25) is 33.5 Å². The molecule has 7 N–H and O–H groups in total. The predicted octanol–water partition coefficient (Wildman–Crippen LogP) is 5.05. The standard InChI is InChI=1S/C46H85N5O13S2/c1-37(2)45(58)39(51-65-3)35-66-36-43(55)49-26-29-62-31-30-61-28-25-48-42(54)34-64-33-32-63-27-24-47-40(52)23-22-38(46(59)60)50-41(53)20-18-16-14-12-10-8-6-4-5-7-9-11-13-15-17-19-21-44(56)57/h37-39,51H,4-36H2,1-3H3,(H,47,52)(H,48,54)(H,49,55)(H,50,53)(H,56,57)(H,59,60)/t38-,39-/m0/s1. The third-order valence-corrected chi connectivity index (χ3v) is 11.8. The third-order valence-electron chi connectivity index (χ3n) is 10.2. The van der Waals surface area contributed by atoms with Crippen molar-refractivity contribution in [1.29, 1.82) is 0 Å². The van der Waals surface area contributed by atoms with Crippen LogP contribution in [-0.2, 0) is 52.5 Å². The Morgan fingerprint density at radius 1 is 0.500 bits per heavy atom. The van der Waals surface area contributed by atoms with Crippen molar-refractivity contribution in [1.82, 2.24) is 26.0 Å². The van der Waals surface area contributed by atoms with E-state index in [0.717, 1.165) is 38.5 Å². The molecule has 0 aliphatic heterocycles. The van der Waals surface area contributed by atoms with Gasteiger partial charge in [-0.1, -0.05) is 116 Å². The van der Waals surface area contributed by atoms with Crippen molar-refractivity contribution in [2.24, 2.45) is 5.92 Å². The summed E-state index contributed by atoms with van der Waals surface area (Å²) in [6.45, 7) is 6.34. The summed E-state index contributed by atoms with van der Waals surface area (Å²) in [7, 11) is 0. The molecule has 2 atom stereocenters. The number of ketones is 1. The number of thioether (sulfide) groups is 1. The molecule has 0 unspecified atom stereocenters. The number of aliphatic carboxylic acids is 2. The SMILES string of the molecule is CSN[C@@H](CSCC(=O)NCCOCCOCCNC(=O)COCCOCCNC(=O)CC[C@H](NC(=O)CCCCCCCCCCCCCCCCCCC(=O)O)C(=O)O)C(=O)C(C)C. The number of rotatable bonds is 49. The highest BCUT2D eigenvalue weighted by Crippen LogP contribution is 2.15. The molecular formula is C46H85N5O13S2. The molecule has 0 aliphatic carbocycles. The first-order chi connectivity index (χ1) is 31.9. The monoisotopic (exact) mass is 980 g/mol. The molecule has 0 aromatic carbocycles. The Morgan fingerprint density at radius 3 is 1.39 bits per heavy atom. The first-order valence-electron chi connectivity index (χ1n) is 24.1. The van der Waals surface area contributed by atoms with Gasteiger partial charge in [-0.25, -0.2) is 4.79 Å². The number of carbonyl (C=O) groups excluding carboxylic acids is 5. The lowest BCUT2D eigenvalue weighted by Gasteiger charge is -2.17. The van der Waals surface area contributed by atoms with E-state index >= 15 is 0 Å². The third kappa shape index (κ3) is 42.4. The van der Waals surface area contributed by atoms with Crippen molar-refractivity contribution in [3.05, 3.63) is 0 Å². The molecule has 0 saturated carbocycles. The molecule has 0 aromatic heterocycles. The highest BCUT2D eigenvalue weighted by molar-refractivity contribution is 8.00. The lowest BCUT2D eigenvalue weighted by Crippen LogP contribution is -2.41. The van der Waals surface area contributed by atoms with Crippen LogP contribution in [0.1, 0.15) is 142 Å². The van der Waals surface area contributed by atoms with Crippen LogP contribution >= 0.6 is 23.7 Å². The molecule has 20 heteroatoms. The van der Waals surface area contributed by atoms with E-state index in [9.17, 15) is 38.7 Å². The molecule has 0 saturated heterocycles. The number of carbonyl (C=O) groups is 7. The van der Waals surface area contributed by atoms with Crippen molar-refractivity contribution in [3.63, 3.8) is 0 Å². The average Bonchev–Trinajstić information content (AvgIpc) is 3.27. The van der Waals surface area contributed by atoms with Gasteiger partial charge in [0, 0.05) is 50.6 Å².